The highest BCUT2D eigenvalue weighted by molar-refractivity contribution is 6.31. The summed E-state index contributed by atoms with van der Waals surface area (Å²) in [5.41, 5.74) is -1.13. The second-order valence-corrected chi connectivity index (χ2v) is 8.88. The van der Waals surface area contributed by atoms with Crippen molar-refractivity contribution in [2.75, 3.05) is 0 Å². The van der Waals surface area contributed by atoms with Gasteiger partial charge in [0.1, 0.15) is 5.78 Å². The number of carbonyl (C=O) groups excluding carboxylic acids is 3. The summed E-state index contributed by atoms with van der Waals surface area (Å²) >= 11 is 6.42. The number of cyclic esters (lactones) is 2. The van der Waals surface area contributed by atoms with Crippen molar-refractivity contribution in [2.24, 2.45) is 5.41 Å². The molecule has 2 aromatic rings. The van der Waals surface area contributed by atoms with E-state index < -0.39 is 39.9 Å². The second kappa shape index (κ2) is 7.70. The van der Waals surface area contributed by atoms with E-state index in [0.29, 0.717) is 16.1 Å². The maximum atomic E-state index is 13.6. The maximum Gasteiger partial charge on any atom is 0.328 e. The molecule has 2 fully saturated rings. The van der Waals surface area contributed by atoms with Crippen LogP contribution in [0.1, 0.15) is 49.7 Å². The molecule has 1 saturated heterocycles. The van der Waals surface area contributed by atoms with E-state index in [2.05, 4.69) is 0 Å². The molecule has 0 N–H and O–H groups in total. The first-order chi connectivity index (χ1) is 15.1. The Hall–Kier alpha value is -3.26. The Morgan fingerprint density at radius 1 is 0.938 bits per heavy atom. The fourth-order valence-corrected chi connectivity index (χ4v) is 4.98. The minimum absolute atomic E-state index is 0.0994. The van der Waals surface area contributed by atoms with Gasteiger partial charge < -0.3 is 9.47 Å². The highest BCUT2D eigenvalue weighted by atomic mass is 35.5. The maximum absolute atomic E-state index is 13.6. The molecular formula is C23H20ClNO7. The topological polar surface area (TPSA) is 113 Å². The van der Waals surface area contributed by atoms with Gasteiger partial charge in [-0.05, 0) is 17.2 Å². The quantitative estimate of drug-likeness (QED) is 0.292. The molecular weight excluding hydrogens is 438 g/mol. The fraction of sp³-hybridized carbons (Fsp3) is 0.348. The van der Waals surface area contributed by atoms with Crippen molar-refractivity contribution in [3.8, 4) is 0 Å². The number of carbonyl (C=O) groups is 3. The molecule has 2 aliphatic rings. The Morgan fingerprint density at radius 3 is 2.06 bits per heavy atom. The molecule has 1 aliphatic heterocycles. The lowest BCUT2D eigenvalue weighted by atomic mass is 9.55. The summed E-state index contributed by atoms with van der Waals surface area (Å²) in [7, 11) is 0. The van der Waals surface area contributed by atoms with Crippen LogP contribution in [-0.4, -0.2) is 28.4 Å². The second-order valence-electron chi connectivity index (χ2n) is 8.47. The number of hydrogen-bond acceptors (Lipinski definition) is 7. The van der Waals surface area contributed by atoms with Crippen molar-refractivity contribution in [3.63, 3.8) is 0 Å². The Bertz CT molecular complexity index is 1110. The SMILES string of the molecule is CC1(C)OC(=O)C2(C(=O)O1)[C@@H](c1ccc([N+](=O)[O-])cc1)CC(=O)C[C@H]2c1ccccc1Cl. The lowest BCUT2D eigenvalue weighted by Crippen LogP contribution is -2.61. The summed E-state index contributed by atoms with van der Waals surface area (Å²) in [5, 5.41) is 11.4. The van der Waals surface area contributed by atoms with Crippen LogP contribution in [0.2, 0.25) is 5.02 Å². The fourth-order valence-electron chi connectivity index (χ4n) is 4.71. The Balaban J connectivity index is 1.94. The molecule has 4 rings (SSSR count). The molecule has 2 atom stereocenters. The molecule has 9 heteroatoms. The van der Waals surface area contributed by atoms with Crippen molar-refractivity contribution < 1.29 is 28.8 Å². The van der Waals surface area contributed by atoms with Gasteiger partial charge in [0.2, 0.25) is 0 Å². The van der Waals surface area contributed by atoms with Gasteiger partial charge in [0, 0.05) is 55.7 Å². The lowest BCUT2D eigenvalue weighted by Gasteiger charge is -2.50. The van der Waals surface area contributed by atoms with Crippen LogP contribution in [-0.2, 0) is 23.9 Å². The average Bonchev–Trinajstić information content (AvgIpc) is 2.72. The molecule has 32 heavy (non-hydrogen) atoms. The van der Waals surface area contributed by atoms with Gasteiger partial charge in [0.15, 0.2) is 5.41 Å². The number of ether oxygens (including phenoxy) is 2. The molecule has 0 unspecified atom stereocenters. The van der Waals surface area contributed by atoms with Gasteiger partial charge in [-0.3, -0.25) is 24.5 Å². The van der Waals surface area contributed by atoms with Crippen LogP contribution < -0.4 is 0 Å². The van der Waals surface area contributed by atoms with Gasteiger partial charge in [0.05, 0.1) is 4.92 Å². The average molecular weight is 458 g/mol. The predicted octanol–water partition coefficient (Wildman–Crippen LogP) is 4.30. The highest BCUT2D eigenvalue weighted by Crippen LogP contribution is 2.58. The normalized spacial score (nSPS) is 24.0. The van der Waals surface area contributed by atoms with Crippen molar-refractivity contribution in [3.05, 3.63) is 74.8 Å². The van der Waals surface area contributed by atoms with E-state index in [1.807, 2.05) is 0 Å². The molecule has 0 radical (unpaired) electrons. The molecule has 1 aliphatic carbocycles. The number of rotatable bonds is 3. The number of ketones is 1. The van der Waals surface area contributed by atoms with Gasteiger partial charge in [-0.2, -0.15) is 0 Å². The minimum Gasteiger partial charge on any atom is -0.422 e. The van der Waals surface area contributed by atoms with Crippen molar-refractivity contribution in [2.45, 2.75) is 44.3 Å². The highest BCUT2D eigenvalue weighted by Gasteiger charge is 2.67. The molecule has 1 heterocycles. The van der Waals surface area contributed by atoms with E-state index in [1.165, 1.54) is 38.1 Å². The van der Waals surface area contributed by atoms with Gasteiger partial charge >= 0.3 is 11.9 Å². The lowest BCUT2D eigenvalue weighted by molar-refractivity contribution is -0.384. The summed E-state index contributed by atoms with van der Waals surface area (Å²) in [4.78, 5) is 50.5. The minimum atomic E-state index is -1.87. The number of nitrogens with zero attached hydrogens (tertiary/aromatic N) is 1. The zero-order valence-corrected chi connectivity index (χ0v) is 18.1. The smallest absolute Gasteiger partial charge is 0.328 e. The van der Waals surface area contributed by atoms with E-state index in [-0.39, 0.29) is 24.3 Å². The monoisotopic (exact) mass is 457 g/mol. The molecule has 0 aromatic heterocycles. The Morgan fingerprint density at radius 2 is 1.50 bits per heavy atom. The predicted molar refractivity (Wildman–Crippen MR) is 113 cm³/mol. The molecule has 1 spiro atoms. The van der Waals surface area contributed by atoms with E-state index in [4.69, 9.17) is 21.1 Å². The molecule has 8 nitrogen and oxygen atoms in total. The number of halogens is 1. The van der Waals surface area contributed by atoms with Crippen molar-refractivity contribution >= 4 is 35.0 Å². The first-order valence-corrected chi connectivity index (χ1v) is 10.4. The van der Waals surface area contributed by atoms with E-state index >= 15 is 0 Å². The van der Waals surface area contributed by atoms with Gasteiger partial charge in [-0.25, -0.2) is 0 Å². The van der Waals surface area contributed by atoms with Crippen LogP contribution in [0.5, 0.6) is 0 Å². The standard InChI is InChI=1S/C23H20ClNO7/c1-22(2)31-20(27)23(21(28)32-22)17(13-7-9-14(10-8-13)25(29)30)11-15(26)12-18(23)16-5-3-4-6-19(16)24/h3-10,17-18H,11-12H2,1-2H3/t17-,18+/m1/s1. The van der Waals surface area contributed by atoms with Gasteiger partial charge in [-0.1, -0.05) is 41.9 Å². The van der Waals surface area contributed by atoms with Gasteiger partial charge in [-0.15, -0.1) is 0 Å². The van der Waals surface area contributed by atoms with Crippen LogP contribution in [0, 0.1) is 15.5 Å². The number of benzene rings is 2. The van der Waals surface area contributed by atoms with Crippen LogP contribution >= 0.6 is 11.6 Å². The summed E-state index contributed by atoms with van der Waals surface area (Å²) in [6.45, 7) is 2.91. The largest absolute Gasteiger partial charge is 0.422 e. The van der Waals surface area contributed by atoms with Crippen molar-refractivity contribution in [1.82, 2.24) is 0 Å². The molecule has 0 amide bonds. The van der Waals surface area contributed by atoms with Gasteiger partial charge in [0.25, 0.3) is 11.5 Å². The van der Waals surface area contributed by atoms with Crippen LogP contribution in [0.15, 0.2) is 48.5 Å². The zero-order chi connectivity index (χ0) is 23.3. The Kier molecular flexibility index (Phi) is 5.29. The Labute approximate surface area is 188 Å². The summed E-state index contributed by atoms with van der Waals surface area (Å²) in [6.07, 6.45) is -0.221. The third-order valence-electron chi connectivity index (χ3n) is 6.10. The summed E-state index contributed by atoms with van der Waals surface area (Å²) in [6, 6.07) is 12.1. The van der Waals surface area contributed by atoms with E-state index in [9.17, 15) is 24.5 Å². The molecule has 166 valence electrons. The third kappa shape index (κ3) is 3.44. The molecule has 2 aromatic carbocycles. The summed E-state index contributed by atoms with van der Waals surface area (Å²) < 4.78 is 11.1. The van der Waals surface area contributed by atoms with Crippen LogP contribution in [0.25, 0.3) is 0 Å². The van der Waals surface area contributed by atoms with Crippen molar-refractivity contribution in [1.29, 1.82) is 0 Å². The molecule has 1 saturated carbocycles. The van der Waals surface area contributed by atoms with E-state index in [0.717, 1.165) is 0 Å². The third-order valence-corrected chi connectivity index (χ3v) is 6.45. The van der Waals surface area contributed by atoms with Crippen LogP contribution in [0.4, 0.5) is 5.69 Å². The molecule has 0 bridgehead atoms. The summed E-state index contributed by atoms with van der Waals surface area (Å²) in [5.74, 6) is -5.12. The zero-order valence-electron chi connectivity index (χ0n) is 17.4. The number of nitro benzene ring substituents is 1. The van der Waals surface area contributed by atoms with Crippen LogP contribution in [0.3, 0.4) is 0 Å². The number of Topliss-reactive ketones (excluding diaryl/α,β-unsaturated/α-hetero) is 1. The number of hydrogen-bond donors (Lipinski definition) is 0. The first-order valence-electron chi connectivity index (χ1n) is 10.0. The number of non-ortho nitro benzene ring substituents is 1. The number of nitro groups is 1. The number of esters is 2. The first kappa shape index (κ1) is 22.0. The van der Waals surface area contributed by atoms with E-state index in [1.54, 1.807) is 24.3 Å².